The van der Waals surface area contributed by atoms with Gasteiger partial charge in [0, 0.05) is 16.5 Å². The molecule has 44 heteroatoms. The molecule has 7 aromatic carbocycles. The number of fused-ring (bicyclic) bond motifs is 2. The Labute approximate surface area is 514 Å². The highest BCUT2D eigenvalue weighted by molar-refractivity contribution is 7.86. The second-order valence-electron chi connectivity index (χ2n) is 18.4. The van der Waals surface area contributed by atoms with E-state index in [1.807, 2.05) is 0 Å². The molecule has 0 bridgehead atoms. The van der Waals surface area contributed by atoms with Crippen molar-refractivity contribution in [2.45, 2.75) is 19.6 Å². The van der Waals surface area contributed by atoms with Crippen molar-refractivity contribution in [3.63, 3.8) is 0 Å². The quantitative estimate of drug-likeness (QED) is 0.0271. The summed E-state index contributed by atoms with van der Waals surface area (Å²) in [5, 5.41) is 115. The smallest absolute Gasteiger partial charge is 0.337 e. The Hall–Kier alpha value is -12.3. The SMILES string of the molecule is O=C(O)c1ccc(C(=O)O)c(N=Nc2c(S(=O)(=O)O)cc3cc(S(=O)(=O)O)cc(Nc4nc(O)nc(Nc5ccc(Nc6nc(O)nc(Nc7cc(S(=O)(=O)O)cc8cc(S(=O)(=O)O)c(N=Nc9cc(C(=O)O)ccc9C(=O)O)c(O)c78)n6)c(C(=O)O)c5)n4)c3c2O)c1. The average Bonchev–Trinajstić information content (AvgIpc) is 0.755. The number of phenolic OH excluding ortho intramolecular Hbond substituents is 2. The zero-order valence-corrected chi connectivity index (χ0v) is 48.2. The van der Waals surface area contributed by atoms with Gasteiger partial charge in [-0.25, -0.2) is 24.0 Å². The second-order valence-corrected chi connectivity index (χ2v) is 24.0. The predicted octanol–water partition coefficient (Wildman–Crippen LogP) is 6.47. The minimum atomic E-state index is -5.50. The van der Waals surface area contributed by atoms with Crippen LogP contribution in [0.25, 0.3) is 21.5 Å². The van der Waals surface area contributed by atoms with Crippen LogP contribution in [0, 0.1) is 0 Å². The number of nitrogens with one attached hydrogen (secondary N) is 4. The lowest BCUT2D eigenvalue weighted by molar-refractivity contribution is 0.0682. The average molecular weight is 1360 g/mol. The first-order valence-corrected chi connectivity index (χ1v) is 30.1. The van der Waals surface area contributed by atoms with Gasteiger partial charge >= 0.3 is 41.9 Å². The van der Waals surface area contributed by atoms with Gasteiger partial charge in [-0.15, -0.1) is 20.5 Å². The van der Waals surface area contributed by atoms with Crippen LogP contribution in [0.3, 0.4) is 0 Å². The third-order valence-electron chi connectivity index (χ3n) is 12.4. The van der Waals surface area contributed by atoms with Crippen molar-refractivity contribution in [2.24, 2.45) is 20.5 Å². The highest BCUT2D eigenvalue weighted by Gasteiger charge is 2.29. The third kappa shape index (κ3) is 14.1. The molecule has 0 fully saturated rings. The Balaban J connectivity index is 1.06. The van der Waals surface area contributed by atoms with Gasteiger partial charge < -0.3 is 67.2 Å². The van der Waals surface area contributed by atoms with Gasteiger partial charge in [-0.3, -0.25) is 18.2 Å². The Morgan fingerprint density at radius 2 is 0.731 bits per heavy atom. The molecule has 0 aliphatic heterocycles. The van der Waals surface area contributed by atoms with E-state index in [2.05, 4.69) is 71.6 Å². The number of rotatable bonds is 21. The lowest BCUT2D eigenvalue weighted by atomic mass is 10.1. The van der Waals surface area contributed by atoms with Crippen LogP contribution in [-0.4, -0.2) is 158 Å². The van der Waals surface area contributed by atoms with Crippen molar-refractivity contribution in [2.75, 3.05) is 21.3 Å². The van der Waals surface area contributed by atoms with E-state index in [1.54, 1.807) is 0 Å². The first-order valence-electron chi connectivity index (χ1n) is 24.3. The third-order valence-corrected chi connectivity index (χ3v) is 15.8. The number of aromatic nitrogens is 6. The monoisotopic (exact) mass is 1360 g/mol. The number of carboxylic acid groups (broad SMARTS) is 5. The summed E-state index contributed by atoms with van der Waals surface area (Å²) < 4.78 is 141. The zero-order chi connectivity index (χ0) is 68.1. The van der Waals surface area contributed by atoms with E-state index in [4.69, 9.17) is 0 Å². The van der Waals surface area contributed by atoms with Crippen LogP contribution in [-0.2, 0) is 40.5 Å². The minimum Gasteiger partial charge on any atom is -0.505 e. The molecule has 93 heavy (non-hydrogen) atoms. The summed E-state index contributed by atoms with van der Waals surface area (Å²) in [5.41, 5.74) is -8.81. The summed E-state index contributed by atoms with van der Waals surface area (Å²) in [5.74, 6) is -13.7. The standard InChI is InChI=1S/C49H32N14O26S4/c64-37-33-18(11-31(92(84,85)86)35(37)62-60-27-9-16(39(66)67)1-4-23(27)41(70)71)7-21(90(78,79)80)14-29(33)52-46-54-44(56-48(76)58-46)50-20-3-6-26(25(13-20)43(74)75)51-45-55-47(59-49(77)57-45)53-30-15-22(91(81,82)83)8-19-12-32(93(87,88)89)36(38(65)34(19)30)63-61-28-10-17(40(68)69)2-5-24(28)42(72)73/h1-15,64-65H,(H,66,67)(H,68,69)(H,70,71)(H,72,73)(H,74,75)(H,78,79,80)(H,81,82,83)(H,84,85,86)(H,87,88,89)(H3,50,52,54,56,58,76)(H3,51,53,55,57,59,77). The molecule has 0 saturated heterocycles. The Morgan fingerprint density at radius 1 is 0.366 bits per heavy atom. The summed E-state index contributed by atoms with van der Waals surface area (Å²) >= 11 is 0. The maximum absolute atomic E-state index is 12.8. The number of anilines is 8. The van der Waals surface area contributed by atoms with Gasteiger partial charge in [-0.05, 0) is 102 Å². The van der Waals surface area contributed by atoms with Crippen LogP contribution in [0.4, 0.5) is 69.3 Å². The fourth-order valence-electron chi connectivity index (χ4n) is 8.42. The topological polar surface area (TPSA) is 660 Å². The number of aromatic hydroxyl groups is 4. The number of benzene rings is 7. The van der Waals surface area contributed by atoms with Gasteiger partial charge in [0.1, 0.15) is 32.5 Å². The molecule has 17 N–H and O–H groups in total. The molecule has 9 aromatic rings. The summed E-state index contributed by atoms with van der Waals surface area (Å²) in [7, 11) is -21.5. The second kappa shape index (κ2) is 24.2. The largest absolute Gasteiger partial charge is 0.505 e. The molecule has 2 heterocycles. The molecule has 0 unspecified atom stereocenters. The lowest BCUT2D eigenvalue weighted by Crippen LogP contribution is -2.09. The normalized spacial score (nSPS) is 12.1. The van der Waals surface area contributed by atoms with Crippen LogP contribution >= 0.6 is 0 Å². The molecule has 0 saturated carbocycles. The number of phenols is 2. The molecule has 2 aromatic heterocycles. The van der Waals surface area contributed by atoms with Crippen LogP contribution in [0.5, 0.6) is 23.5 Å². The molecule has 0 aliphatic rings. The number of carboxylic acids is 5. The van der Waals surface area contributed by atoms with Crippen molar-refractivity contribution in [1.82, 2.24) is 29.9 Å². The first-order chi connectivity index (χ1) is 43.3. The van der Waals surface area contributed by atoms with Crippen molar-refractivity contribution < 1.29 is 122 Å². The molecule has 0 amide bonds. The predicted molar refractivity (Wildman–Crippen MR) is 309 cm³/mol. The van der Waals surface area contributed by atoms with Crippen molar-refractivity contribution in [3.05, 3.63) is 119 Å². The number of azo groups is 2. The minimum absolute atomic E-state index is 0.225. The number of carbonyl (C=O) groups is 5. The van der Waals surface area contributed by atoms with Crippen LogP contribution in [0.2, 0.25) is 0 Å². The number of nitrogens with zero attached hydrogens (tertiary/aromatic N) is 10. The number of hydrogen-bond acceptors (Lipinski definition) is 31. The summed E-state index contributed by atoms with van der Waals surface area (Å²) in [6.45, 7) is 0. The van der Waals surface area contributed by atoms with Crippen molar-refractivity contribution in [1.29, 1.82) is 0 Å². The maximum atomic E-state index is 12.8. The van der Waals surface area contributed by atoms with Crippen molar-refractivity contribution in [3.8, 4) is 23.5 Å². The van der Waals surface area contributed by atoms with Crippen molar-refractivity contribution >= 4 is 161 Å². The van der Waals surface area contributed by atoms with Gasteiger partial charge in [0.2, 0.25) is 23.8 Å². The number of hydrogen-bond donors (Lipinski definition) is 17. The Bertz CT molecular complexity index is 5350. The van der Waals surface area contributed by atoms with E-state index in [-0.39, 0.29) is 5.69 Å². The molecular weight excluding hydrogens is 1330 g/mol. The summed E-state index contributed by atoms with van der Waals surface area (Å²) in [6.07, 6.45) is 0. The molecule has 9 rings (SSSR count). The molecule has 0 aliphatic carbocycles. The molecule has 478 valence electrons. The lowest BCUT2D eigenvalue weighted by Gasteiger charge is -2.16. The Kier molecular flexibility index (Phi) is 17.0. The fraction of sp³-hybridized carbons (Fsp3) is 0. The van der Waals surface area contributed by atoms with E-state index < -0.39 is 226 Å². The zero-order valence-electron chi connectivity index (χ0n) is 44.9. The Morgan fingerprint density at radius 3 is 1.08 bits per heavy atom. The van der Waals surface area contributed by atoms with E-state index in [0.717, 1.165) is 42.5 Å². The van der Waals surface area contributed by atoms with E-state index in [1.165, 1.54) is 0 Å². The van der Waals surface area contributed by atoms with Gasteiger partial charge in [-0.2, -0.15) is 63.6 Å². The highest BCUT2D eigenvalue weighted by atomic mass is 32.2. The summed E-state index contributed by atoms with van der Waals surface area (Å²) in [4.78, 5) is 78.0. The molecule has 0 radical (unpaired) electrons. The van der Waals surface area contributed by atoms with Crippen LogP contribution in [0.15, 0.2) is 131 Å². The molecule has 40 nitrogen and oxygen atoms in total. The van der Waals surface area contributed by atoms with Gasteiger partial charge in [0.25, 0.3) is 40.5 Å². The van der Waals surface area contributed by atoms with Crippen LogP contribution < -0.4 is 21.3 Å². The van der Waals surface area contributed by atoms with Crippen LogP contribution in [0.1, 0.15) is 51.8 Å². The van der Waals surface area contributed by atoms with E-state index in [0.29, 0.717) is 48.5 Å². The first kappa shape index (κ1) is 65.1. The number of aromatic carboxylic acids is 5. The molecule has 0 atom stereocenters. The van der Waals surface area contributed by atoms with Gasteiger partial charge in [0.05, 0.1) is 54.7 Å². The van der Waals surface area contributed by atoms with Gasteiger partial charge in [-0.1, -0.05) is 0 Å². The molecule has 0 spiro atoms. The maximum Gasteiger partial charge on any atom is 0.337 e. The van der Waals surface area contributed by atoms with E-state index >= 15 is 0 Å². The van der Waals surface area contributed by atoms with E-state index in [9.17, 15) is 122 Å². The highest BCUT2D eigenvalue weighted by Crippen LogP contribution is 2.48. The van der Waals surface area contributed by atoms with Gasteiger partial charge in [0.15, 0.2) is 11.5 Å². The molecular formula is C49H32N14O26S4. The fourth-order valence-corrected chi connectivity index (χ4v) is 10.8. The summed E-state index contributed by atoms with van der Waals surface area (Å²) in [6, 6.07) is 9.08.